The molecule has 1 aromatic carbocycles. The summed E-state index contributed by atoms with van der Waals surface area (Å²) < 4.78 is 11.0. The van der Waals surface area contributed by atoms with Crippen LogP contribution in [0.5, 0.6) is 11.7 Å². The van der Waals surface area contributed by atoms with Crippen molar-refractivity contribution in [1.82, 2.24) is 10.2 Å². The Kier molecular flexibility index (Phi) is 4.25. The van der Waals surface area contributed by atoms with Gasteiger partial charge >= 0.3 is 0 Å². The average Bonchev–Trinajstić information content (AvgIpc) is 3.04. The number of rotatable bonds is 4. The van der Waals surface area contributed by atoms with Gasteiger partial charge in [-0.05, 0) is 76.0 Å². The molecule has 1 amide bonds. The molecule has 2 aromatic rings. The summed E-state index contributed by atoms with van der Waals surface area (Å²) in [5.74, 6) is 2.51. The number of hydrogen-bond acceptors (Lipinski definition) is 4. The van der Waals surface area contributed by atoms with E-state index in [1.54, 1.807) is 30.3 Å². The zero-order valence-electron chi connectivity index (χ0n) is 14.7. The second-order valence-electron chi connectivity index (χ2n) is 7.10. The number of nitrogens with zero attached hydrogens (tertiary/aromatic N) is 1. The predicted octanol–water partition coefficient (Wildman–Crippen LogP) is 3.59. The minimum Gasteiger partial charge on any atom is -0.431 e. The van der Waals surface area contributed by atoms with Crippen LogP contribution in [-0.2, 0) is 0 Å². The highest BCUT2D eigenvalue weighted by molar-refractivity contribution is 5.94. The number of ether oxygens (including phenoxy) is 1. The Morgan fingerprint density at radius 2 is 1.88 bits per heavy atom. The summed E-state index contributed by atoms with van der Waals surface area (Å²) in [6, 6.07) is 11.5. The van der Waals surface area contributed by atoms with Crippen molar-refractivity contribution in [1.29, 1.82) is 0 Å². The molecule has 3 saturated heterocycles. The molecule has 0 radical (unpaired) electrons. The Labute approximate surface area is 148 Å². The molecule has 132 valence electrons. The number of piperidine rings is 3. The summed E-state index contributed by atoms with van der Waals surface area (Å²) in [6.45, 7) is 6.42. The van der Waals surface area contributed by atoms with Crippen LogP contribution in [0.4, 0.5) is 0 Å². The third-order valence-electron chi connectivity index (χ3n) is 5.53. The summed E-state index contributed by atoms with van der Waals surface area (Å²) in [5, 5.41) is 3.25. The van der Waals surface area contributed by atoms with E-state index in [9.17, 15) is 4.79 Å². The molecule has 4 heterocycles. The van der Waals surface area contributed by atoms with Gasteiger partial charge in [-0.2, -0.15) is 0 Å². The first kappa shape index (κ1) is 16.2. The molecule has 0 aliphatic carbocycles. The average molecular weight is 340 g/mol. The highest BCUT2D eigenvalue weighted by atomic mass is 16.6. The van der Waals surface area contributed by atoms with E-state index in [-0.39, 0.29) is 11.9 Å². The van der Waals surface area contributed by atoms with Gasteiger partial charge in [0.15, 0.2) is 0 Å². The molecular weight excluding hydrogens is 316 g/mol. The number of aryl methyl sites for hydroxylation is 1. The maximum Gasteiger partial charge on any atom is 0.290 e. The van der Waals surface area contributed by atoms with Gasteiger partial charge in [0.05, 0.1) is 0 Å². The molecule has 25 heavy (non-hydrogen) atoms. The van der Waals surface area contributed by atoms with Crippen LogP contribution in [0.1, 0.15) is 35.9 Å². The monoisotopic (exact) mass is 340 g/mol. The fourth-order valence-corrected chi connectivity index (χ4v) is 4.04. The van der Waals surface area contributed by atoms with Gasteiger partial charge in [-0.25, -0.2) is 0 Å². The van der Waals surface area contributed by atoms with Crippen molar-refractivity contribution in [3.05, 3.63) is 47.7 Å². The molecule has 5 rings (SSSR count). The Morgan fingerprint density at radius 3 is 2.48 bits per heavy atom. The van der Waals surface area contributed by atoms with Crippen molar-refractivity contribution in [3.8, 4) is 11.7 Å². The number of carbonyl (C=O) groups is 1. The molecule has 0 unspecified atom stereocenters. The van der Waals surface area contributed by atoms with Crippen LogP contribution in [0.2, 0.25) is 0 Å². The molecule has 3 fully saturated rings. The number of nitrogens with one attached hydrogen (secondary N) is 1. The minimum atomic E-state index is -0.00834. The Balaban J connectivity index is 1.40. The van der Waals surface area contributed by atoms with Crippen molar-refractivity contribution < 1.29 is 13.9 Å². The molecule has 2 atom stereocenters. The van der Waals surface area contributed by atoms with Crippen LogP contribution in [0, 0.1) is 12.8 Å². The molecule has 3 aliphatic heterocycles. The number of hydrogen-bond donors (Lipinski definition) is 1. The second kappa shape index (κ2) is 6.56. The van der Waals surface area contributed by atoms with Crippen LogP contribution in [0.25, 0.3) is 0 Å². The summed E-state index contributed by atoms with van der Waals surface area (Å²) in [4.78, 5) is 15.1. The van der Waals surface area contributed by atoms with Crippen molar-refractivity contribution in [2.75, 3.05) is 13.1 Å². The zero-order valence-corrected chi connectivity index (χ0v) is 14.7. The Morgan fingerprint density at radius 1 is 1.16 bits per heavy atom. The van der Waals surface area contributed by atoms with E-state index >= 15 is 0 Å². The fourth-order valence-electron chi connectivity index (χ4n) is 4.04. The van der Waals surface area contributed by atoms with Crippen molar-refractivity contribution in [2.24, 2.45) is 5.92 Å². The van der Waals surface area contributed by atoms with Gasteiger partial charge in [-0.15, -0.1) is 0 Å². The third kappa shape index (κ3) is 3.29. The normalized spacial score (nSPS) is 27.9. The van der Waals surface area contributed by atoms with E-state index in [1.165, 1.54) is 12.8 Å². The van der Waals surface area contributed by atoms with E-state index in [0.29, 0.717) is 29.2 Å². The molecular formula is C20H24N2O3. The minimum absolute atomic E-state index is 0.00834. The highest BCUT2D eigenvalue weighted by Gasteiger charge is 2.40. The molecule has 5 nitrogen and oxygen atoms in total. The summed E-state index contributed by atoms with van der Waals surface area (Å²) in [6.07, 6.45) is 2.37. The zero-order chi connectivity index (χ0) is 17.4. The van der Waals surface area contributed by atoms with Crippen molar-refractivity contribution in [3.63, 3.8) is 0 Å². The quantitative estimate of drug-likeness (QED) is 0.924. The smallest absolute Gasteiger partial charge is 0.290 e. The topological polar surface area (TPSA) is 54.7 Å². The van der Waals surface area contributed by atoms with E-state index in [1.807, 2.05) is 13.0 Å². The number of furan rings is 1. The van der Waals surface area contributed by atoms with Crippen LogP contribution < -0.4 is 10.1 Å². The lowest BCUT2D eigenvalue weighted by Crippen LogP contribution is -2.62. The highest BCUT2D eigenvalue weighted by Crippen LogP contribution is 2.32. The van der Waals surface area contributed by atoms with Crippen LogP contribution in [0.15, 0.2) is 40.8 Å². The van der Waals surface area contributed by atoms with Crippen LogP contribution in [-0.4, -0.2) is 36.0 Å². The summed E-state index contributed by atoms with van der Waals surface area (Å²) in [5.41, 5.74) is 0.659. The SMILES string of the molecule is Cc1ccc(Oc2ccc(C(=O)N[C@@H]3C4CCN(CC4)[C@H]3C)cc2)o1. The maximum atomic E-state index is 12.6. The molecule has 1 N–H and O–H groups in total. The molecule has 2 bridgehead atoms. The number of benzene rings is 1. The predicted molar refractivity (Wildman–Crippen MR) is 95.0 cm³/mol. The first-order valence-corrected chi connectivity index (χ1v) is 8.99. The van der Waals surface area contributed by atoms with Gasteiger partial charge in [0.1, 0.15) is 11.5 Å². The van der Waals surface area contributed by atoms with Crippen LogP contribution in [0.3, 0.4) is 0 Å². The summed E-state index contributed by atoms with van der Waals surface area (Å²) >= 11 is 0. The van der Waals surface area contributed by atoms with Gasteiger partial charge < -0.3 is 14.5 Å². The maximum absolute atomic E-state index is 12.6. The molecule has 0 spiro atoms. The van der Waals surface area contributed by atoms with Gasteiger partial charge in [0, 0.05) is 23.7 Å². The van der Waals surface area contributed by atoms with Crippen molar-refractivity contribution >= 4 is 5.91 Å². The van der Waals surface area contributed by atoms with Gasteiger partial charge in [0.2, 0.25) is 0 Å². The largest absolute Gasteiger partial charge is 0.431 e. The first-order chi connectivity index (χ1) is 12.1. The standard InChI is InChI=1S/C20H24N2O3/c1-13-3-8-18(24-13)25-17-6-4-16(5-7-17)20(23)21-19-14(2)22-11-9-15(19)10-12-22/h3-8,14-15,19H,9-12H2,1-2H3,(H,21,23)/t14-,19-/m0/s1. The van der Waals surface area contributed by atoms with E-state index < -0.39 is 0 Å². The number of amides is 1. The molecule has 5 heteroatoms. The first-order valence-electron chi connectivity index (χ1n) is 8.99. The van der Waals surface area contributed by atoms with Gasteiger partial charge in [-0.1, -0.05) is 0 Å². The number of carbonyl (C=O) groups excluding carboxylic acids is 1. The van der Waals surface area contributed by atoms with E-state index in [2.05, 4.69) is 17.1 Å². The Hall–Kier alpha value is -2.27. The lowest BCUT2D eigenvalue weighted by molar-refractivity contribution is 0.0217. The molecule has 0 saturated carbocycles. The lowest BCUT2D eigenvalue weighted by atomic mass is 9.79. The number of fused-ring (bicyclic) bond motifs is 3. The van der Waals surface area contributed by atoms with E-state index in [4.69, 9.17) is 9.15 Å². The second-order valence-corrected chi connectivity index (χ2v) is 7.10. The lowest BCUT2D eigenvalue weighted by Gasteiger charge is -2.49. The third-order valence-corrected chi connectivity index (χ3v) is 5.53. The van der Waals surface area contributed by atoms with Gasteiger partial charge in [-0.3, -0.25) is 9.69 Å². The fraction of sp³-hybridized carbons (Fsp3) is 0.450. The summed E-state index contributed by atoms with van der Waals surface area (Å²) in [7, 11) is 0. The van der Waals surface area contributed by atoms with Gasteiger partial charge in [0.25, 0.3) is 11.9 Å². The van der Waals surface area contributed by atoms with Crippen molar-refractivity contribution in [2.45, 2.75) is 38.8 Å². The Bertz CT molecular complexity index is 743. The van der Waals surface area contributed by atoms with E-state index in [0.717, 1.165) is 18.8 Å². The molecule has 1 aromatic heterocycles. The van der Waals surface area contributed by atoms with Crippen LogP contribution >= 0.6 is 0 Å². The molecule has 3 aliphatic rings.